The van der Waals surface area contributed by atoms with E-state index < -0.39 is 0 Å². The normalized spacial score (nSPS) is 10.3. The Morgan fingerprint density at radius 1 is 0.966 bits per heavy atom. The molecule has 7 nitrogen and oxygen atoms in total. The van der Waals surface area contributed by atoms with E-state index in [1.165, 1.54) is 0 Å². The average Bonchev–Trinajstić information content (AvgIpc) is 2.73. The molecule has 0 heterocycles. The molecule has 0 radical (unpaired) electrons. The molecule has 3 N–H and O–H groups in total. The largest absolute Gasteiger partial charge is 0.356 e. The van der Waals surface area contributed by atoms with E-state index in [-0.39, 0.29) is 17.7 Å². The highest BCUT2D eigenvalue weighted by Gasteiger charge is 2.16. The maximum Gasteiger partial charge on any atom is 0.222 e. The summed E-state index contributed by atoms with van der Waals surface area (Å²) >= 11 is 1.73. The molecule has 0 aromatic heterocycles. The third-order valence-electron chi connectivity index (χ3n) is 4.37. The summed E-state index contributed by atoms with van der Waals surface area (Å²) in [5.74, 6) is 4.39. The van der Waals surface area contributed by atoms with Crippen molar-refractivity contribution in [1.29, 1.82) is 0 Å². The van der Waals surface area contributed by atoms with E-state index in [0.29, 0.717) is 77.8 Å². The zero-order chi connectivity index (χ0) is 21.9. The molecule has 0 aliphatic heterocycles. The van der Waals surface area contributed by atoms with Crippen LogP contribution in [-0.2, 0) is 14.4 Å². The summed E-state index contributed by atoms with van der Waals surface area (Å²) in [6.45, 7) is 7.11. The summed E-state index contributed by atoms with van der Waals surface area (Å²) in [5, 5.41) is 2.86. The molecule has 8 heteroatoms. The van der Waals surface area contributed by atoms with E-state index in [4.69, 9.17) is 12.2 Å². The van der Waals surface area contributed by atoms with Gasteiger partial charge >= 0.3 is 0 Å². The van der Waals surface area contributed by atoms with E-state index in [2.05, 4.69) is 11.2 Å². The van der Waals surface area contributed by atoms with Gasteiger partial charge in [0.1, 0.15) is 0 Å². The maximum absolute atomic E-state index is 12.3. The van der Waals surface area contributed by atoms with Gasteiger partial charge in [0.2, 0.25) is 17.7 Å². The Morgan fingerprint density at radius 2 is 1.59 bits per heavy atom. The molecule has 0 unspecified atom stereocenters. The highest BCUT2D eigenvalue weighted by molar-refractivity contribution is 7.99. The molecule has 29 heavy (non-hydrogen) atoms. The van der Waals surface area contributed by atoms with E-state index in [9.17, 15) is 14.4 Å². The SMILES string of the molecule is C#CCCCC(=O)NCCCN(CCN(CCSCCN)C(=O)CC)C(=O)CC. The highest BCUT2D eigenvalue weighted by Crippen LogP contribution is 2.04. The molecular formula is C21H38N4O3S. The molecule has 0 aromatic rings. The Balaban J connectivity index is 4.42. The molecule has 3 amide bonds. The molecule has 0 aliphatic rings. The van der Waals surface area contributed by atoms with Gasteiger partial charge in [-0.1, -0.05) is 13.8 Å². The van der Waals surface area contributed by atoms with Crippen LogP contribution in [0.3, 0.4) is 0 Å². The van der Waals surface area contributed by atoms with Gasteiger partial charge in [0.25, 0.3) is 0 Å². The number of terminal acetylenes is 1. The van der Waals surface area contributed by atoms with E-state index >= 15 is 0 Å². The predicted octanol–water partition coefficient (Wildman–Crippen LogP) is 1.47. The molecule has 0 atom stereocenters. The lowest BCUT2D eigenvalue weighted by Gasteiger charge is -2.28. The summed E-state index contributed by atoms with van der Waals surface area (Å²) in [6, 6.07) is 0. The van der Waals surface area contributed by atoms with Crippen molar-refractivity contribution in [3.8, 4) is 12.3 Å². The molecule has 0 saturated heterocycles. The number of carbonyl (C=O) groups excluding carboxylic acids is 3. The first-order valence-corrected chi connectivity index (χ1v) is 11.7. The van der Waals surface area contributed by atoms with Gasteiger partial charge in [0.15, 0.2) is 0 Å². The summed E-state index contributed by atoms with van der Waals surface area (Å²) in [7, 11) is 0. The second-order valence-corrected chi connectivity index (χ2v) is 7.86. The second kappa shape index (κ2) is 18.3. The Hall–Kier alpha value is -1.72. The number of nitrogens with zero attached hydrogens (tertiary/aromatic N) is 2. The van der Waals surface area contributed by atoms with Gasteiger partial charge in [0, 0.05) is 76.5 Å². The van der Waals surface area contributed by atoms with Crippen LogP contribution in [0.2, 0.25) is 0 Å². The Kier molecular flexibility index (Phi) is 17.2. The van der Waals surface area contributed by atoms with Crippen LogP contribution in [-0.4, -0.2) is 78.3 Å². The van der Waals surface area contributed by atoms with Crippen molar-refractivity contribution < 1.29 is 14.4 Å². The van der Waals surface area contributed by atoms with Crippen molar-refractivity contribution in [3.63, 3.8) is 0 Å². The zero-order valence-electron chi connectivity index (χ0n) is 18.1. The van der Waals surface area contributed by atoms with E-state index in [1.807, 2.05) is 18.7 Å². The molecule has 0 aromatic carbocycles. The molecule has 0 spiro atoms. The molecule has 0 bridgehead atoms. The van der Waals surface area contributed by atoms with Gasteiger partial charge in [0.05, 0.1) is 0 Å². The molecule has 0 fully saturated rings. The number of amides is 3. The first-order chi connectivity index (χ1) is 14.0. The van der Waals surface area contributed by atoms with Crippen molar-refractivity contribution in [2.45, 2.75) is 52.4 Å². The van der Waals surface area contributed by atoms with Crippen molar-refractivity contribution >= 4 is 29.5 Å². The molecule has 166 valence electrons. The number of hydrogen-bond acceptors (Lipinski definition) is 5. The highest BCUT2D eigenvalue weighted by atomic mass is 32.2. The van der Waals surface area contributed by atoms with Crippen molar-refractivity contribution in [3.05, 3.63) is 0 Å². The third kappa shape index (κ3) is 14.0. The van der Waals surface area contributed by atoms with Gasteiger partial charge in [-0.25, -0.2) is 0 Å². The number of unbranched alkanes of at least 4 members (excludes halogenated alkanes) is 1. The fourth-order valence-corrected chi connectivity index (χ4v) is 3.43. The van der Waals surface area contributed by atoms with Gasteiger partial charge in [-0.15, -0.1) is 12.3 Å². The van der Waals surface area contributed by atoms with Crippen LogP contribution < -0.4 is 11.1 Å². The smallest absolute Gasteiger partial charge is 0.222 e. The Morgan fingerprint density at radius 3 is 2.14 bits per heavy atom. The van der Waals surface area contributed by atoms with Crippen LogP contribution in [0.1, 0.15) is 52.4 Å². The second-order valence-electron chi connectivity index (χ2n) is 6.63. The molecule has 0 aliphatic carbocycles. The van der Waals surface area contributed by atoms with E-state index in [0.717, 1.165) is 11.5 Å². The fourth-order valence-electron chi connectivity index (χ4n) is 2.71. The minimum absolute atomic E-state index is 0.0108. The first-order valence-electron chi connectivity index (χ1n) is 10.5. The lowest BCUT2D eigenvalue weighted by Crippen LogP contribution is -2.42. The van der Waals surface area contributed by atoms with Crippen LogP contribution in [0.25, 0.3) is 0 Å². The van der Waals surface area contributed by atoms with Crippen LogP contribution in [0.5, 0.6) is 0 Å². The maximum atomic E-state index is 12.3. The average molecular weight is 427 g/mol. The predicted molar refractivity (Wildman–Crippen MR) is 120 cm³/mol. The third-order valence-corrected chi connectivity index (χ3v) is 5.37. The summed E-state index contributed by atoms with van der Waals surface area (Å²) in [4.78, 5) is 39.8. The van der Waals surface area contributed by atoms with Gasteiger partial charge < -0.3 is 20.9 Å². The number of nitrogens with two attached hydrogens (primary N) is 1. The summed E-state index contributed by atoms with van der Waals surface area (Å²) in [5.41, 5.74) is 5.51. The van der Waals surface area contributed by atoms with Gasteiger partial charge in [-0.2, -0.15) is 11.8 Å². The number of thioether (sulfide) groups is 1. The fraction of sp³-hybridized carbons (Fsp3) is 0.762. The minimum Gasteiger partial charge on any atom is -0.356 e. The van der Waals surface area contributed by atoms with Crippen molar-refractivity contribution in [2.24, 2.45) is 5.73 Å². The number of carbonyl (C=O) groups is 3. The van der Waals surface area contributed by atoms with Crippen molar-refractivity contribution in [1.82, 2.24) is 15.1 Å². The zero-order valence-corrected chi connectivity index (χ0v) is 18.9. The van der Waals surface area contributed by atoms with Crippen LogP contribution >= 0.6 is 11.8 Å². The summed E-state index contributed by atoms with van der Waals surface area (Å²) < 4.78 is 0. The van der Waals surface area contributed by atoms with Crippen LogP contribution in [0, 0.1) is 12.3 Å². The number of hydrogen-bond donors (Lipinski definition) is 2. The molecular weight excluding hydrogens is 388 g/mol. The minimum atomic E-state index is -0.0108. The van der Waals surface area contributed by atoms with Crippen molar-refractivity contribution in [2.75, 3.05) is 50.8 Å². The Labute approximate surface area is 180 Å². The lowest BCUT2D eigenvalue weighted by atomic mass is 10.2. The lowest BCUT2D eigenvalue weighted by molar-refractivity contribution is -0.134. The van der Waals surface area contributed by atoms with E-state index in [1.54, 1.807) is 16.7 Å². The molecule has 0 saturated carbocycles. The standard InChI is InChI=1S/C21H38N4O3S/c1-4-7-8-10-19(26)23-12-9-13-24(20(27)5-2)14-15-25(21(28)6-3)16-18-29-17-11-22/h1H,5-18,22H2,2-3H3,(H,23,26). The Bertz CT molecular complexity index is 523. The first kappa shape index (κ1) is 27.3. The van der Waals surface area contributed by atoms with Gasteiger partial charge in [-0.05, 0) is 12.8 Å². The monoisotopic (exact) mass is 426 g/mol. The molecule has 0 rings (SSSR count). The number of rotatable bonds is 17. The van der Waals surface area contributed by atoms with Crippen LogP contribution in [0.15, 0.2) is 0 Å². The van der Waals surface area contributed by atoms with Crippen LogP contribution in [0.4, 0.5) is 0 Å². The quantitative estimate of drug-likeness (QED) is 0.271. The number of nitrogens with one attached hydrogen (secondary N) is 1. The summed E-state index contributed by atoms with van der Waals surface area (Å²) in [6.07, 6.45) is 8.45. The topological polar surface area (TPSA) is 95.7 Å². The van der Waals surface area contributed by atoms with Gasteiger partial charge in [-0.3, -0.25) is 14.4 Å².